The van der Waals surface area contributed by atoms with Crippen molar-refractivity contribution in [3.8, 4) is 0 Å². The highest BCUT2D eigenvalue weighted by Gasteiger charge is 2.08. The van der Waals surface area contributed by atoms with Crippen molar-refractivity contribution < 1.29 is 13.6 Å². The van der Waals surface area contributed by atoms with E-state index in [9.17, 15) is 13.6 Å². The molecule has 0 saturated carbocycles. The molecular formula is C8H6BrF2NO. The van der Waals surface area contributed by atoms with Crippen LogP contribution in [0.3, 0.4) is 0 Å². The molecule has 0 radical (unpaired) electrons. The largest absolute Gasteiger partial charge is 0.324 e. The summed E-state index contributed by atoms with van der Waals surface area (Å²) in [5, 5.41) is 2.17. The Labute approximate surface area is 82.1 Å². The molecule has 0 spiro atoms. The molecule has 0 bridgehead atoms. The van der Waals surface area contributed by atoms with E-state index in [0.29, 0.717) is 0 Å². The van der Waals surface area contributed by atoms with Gasteiger partial charge < -0.3 is 5.32 Å². The van der Waals surface area contributed by atoms with Gasteiger partial charge in [-0.2, -0.15) is 0 Å². The van der Waals surface area contributed by atoms with E-state index in [1.165, 1.54) is 6.92 Å². The molecule has 0 aliphatic carbocycles. The molecule has 1 aromatic rings. The molecule has 13 heavy (non-hydrogen) atoms. The number of carbonyl (C=O) groups is 1. The van der Waals surface area contributed by atoms with E-state index in [0.717, 1.165) is 12.1 Å². The molecule has 70 valence electrons. The van der Waals surface area contributed by atoms with Crippen LogP contribution < -0.4 is 5.32 Å². The van der Waals surface area contributed by atoms with Crippen molar-refractivity contribution in [2.45, 2.75) is 6.92 Å². The second kappa shape index (κ2) is 3.83. The zero-order valence-corrected chi connectivity index (χ0v) is 8.28. The SMILES string of the molecule is CC(=O)Nc1cc(F)c(Br)cc1F. The van der Waals surface area contributed by atoms with Crippen LogP contribution in [0.5, 0.6) is 0 Å². The number of anilines is 1. The first-order valence-electron chi connectivity index (χ1n) is 3.43. The van der Waals surface area contributed by atoms with Gasteiger partial charge in [0, 0.05) is 13.0 Å². The summed E-state index contributed by atoms with van der Waals surface area (Å²) in [5.41, 5.74) is -0.159. The van der Waals surface area contributed by atoms with Gasteiger partial charge in [0.15, 0.2) is 0 Å². The summed E-state index contributed by atoms with van der Waals surface area (Å²) >= 11 is 2.82. The molecule has 0 saturated heterocycles. The summed E-state index contributed by atoms with van der Waals surface area (Å²) in [6.07, 6.45) is 0. The lowest BCUT2D eigenvalue weighted by atomic mass is 10.3. The Morgan fingerprint density at radius 3 is 2.54 bits per heavy atom. The van der Waals surface area contributed by atoms with Gasteiger partial charge in [-0.1, -0.05) is 0 Å². The van der Waals surface area contributed by atoms with Crippen molar-refractivity contribution >= 4 is 27.5 Å². The van der Waals surface area contributed by atoms with Crippen molar-refractivity contribution in [3.05, 3.63) is 28.2 Å². The maximum absolute atomic E-state index is 13.0. The number of halogens is 3. The minimum absolute atomic E-state index is 0.0269. The van der Waals surface area contributed by atoms with E-state index >= 15 is 0 Å². The average Bonchev–Trinajstić information content (AvgIpc) is 1.99. The Balaban J connectivity index is 3.08. The van der Waals surface area contributed by atoms with Crippen LogP contribution in [0.25, 0.3) is 0 Å². The maximum atomic E-state index is 13.0. The van der Waals surface area contributed by atoms with E-state index in [2.05, 4.69) is 21.2 Å². The number of rotatable bonds is 1. The van der Waals surface area contributed by atoms with Crippen molar-refractivity contribution in [2.24, 2.45) is 0 Å². The lowest BCUT2D eigenvalue weighted by Gasteiger charge is -2.04. The first-order chi connectivity index (χ1) is 6.00. The van der Waals surface area contributed by atoms with Gasteiger partial charge in [-0.05, 0) is 22.0 Å². The van der Waals surface area contributed by atoms with Crippen LogP contribution in [0, 0.1) is 11.6 Å². The van der Waals surface area contributed by atoms with Crippen LogP contribution >= 0.6 is 15.9 Å². The first-order valence-corrected chi connectivity index (χ1v) is 4.22. The predicted molar refractivity (Wildman–Crippen MR) is 48.4 cm³/mol. The molecule has 0 aromatic heterocycles. The van der Waals surface area contributed by atoms with Gasteiger partial charge in [0.1, 0.15) is 11.6 Å². The van der Waals surface area contributed by atoms with Gasteiger partial charge in [0.05, 0.1) is 10.2 Å². The molecule has 0 aliphatic heterocycles. The number of amides is 1. The van der Waals surface area contributed by atoms with Crippen molar-refractivity contribution in [2.75, 3.05) is 5.32 Å². The van der Waals surface area contributed by atoms with Gasteiger partial charge in [-0.15, -0.1) is 0 Å². The summed E-state index contributed by atoms with van der Waals surface area (Å²) in [5.74, 6) is -1.74. The molecule has 2 nitrogen and oxygen atoms in total. The molecule has 1 rings (SSSR count). The van der Waals surface area contributed by atoms with Crippen molar-refractivity contribution in [1.29, 1.82) is 0 Å². The van der Waals surface area contributed by atoms with E-state index in [-0.39, 0.29) is 10.2 Å². The maximum Gasteiger partial charge on any atom is 0.221 e. The van der Waals surface area contributed by atoms with Crippen molar-refractivity contribution in [1.82, 2.24) is 0 Å². The fourth-order valence-corrected chi connectivity index (χ4v) is 1.12. The summed E-state index contributed by atoms with van der Waals surface area (Å²) in [6, 6.07) is 1.88. The minimum Gasteiger partial charge on any atom is -0.324 e. The number of hydrogen-bond donors (Lipinski definition) is 1. The van der Waals surface area contributed by atoms with Gasteiger partial charge >= 0.3 is 0 Å². The Kier molecular flexibility index (Phi) is 2.98. The monoisotopic (exact) mass is 249 g/mol. The van der Waals surface area contributed by atoms with E-state index in [1.807, 2.05) is 0 Å². The van der Waals surface area contributed by atoms with Crippen LogP contribution in [0.15, 0.2) is 16.6 Å². The van der Waals surface area contributed by atoms with Crippen LogP contribution in [-0.4, -0.2) is 5.91 Å². The molecule has 0 fully saturated rings. The summed E-state index contributed by atoms with van der Waals surface area (Å²) in [7, 11) is 0. The highest BCUT2D eigenvalue weighted by Crippen LogP contribution is 2.23. The second-order valence-electron chi connectivity index (χ2n) is 2.43. The van der Waals surface area contributed by atoms with Gasteiger partial charge in [0.2, 0.25) is 5.91 Å². The smallest absolute Gasteiger partial charge is 0.221 e. The Bertz CT molecular complexity index is 354. The molecule has 0 heterocycles. The fourth-order valence-electron chi connectivity index (χ4n) is 0.808. The molecule has 0 atom stereocenters. The number of nitrogens with one attached hydrogen (secondary N) is 1. The van der Waals surface area contributed by atoms with Crippen LogP contribution in [0.2, 0.25) is 0 Å². The van der Waals surface area contributed by atoms with Gasteiger partial charge in [0.25, 0.3) is 0 Å². The summed E-state index contributed by atoms with van der Waals surface area (Å²) < 4.78 is 25.9. The Morgan fingerprint density at radius 1 is 1.38 bits per heavy atom. The average molecular weight is 250 g/mol. The zero-order valence-electron chi connectivity index (χ0n) is 6.70. The molecule has 0 aliphatic rings. The first kappa shape index (κ1) is 10.1. The van der Waals surface area contributed by atoms with Gasteiger partial charge in [-0.3, -0.25) is 4.79 Å². The second-order valence-corrected chi connectivity index (χ2v) is 3.28. The van der Waals surface area contributed by atoms with Crippen molar-refractivity contribution in [3.63, 3.8) is 0 Å². The quantitative estimate of drug-likeness (QED) is 0.763. The van der Waals surface area contributed by atoms with E-state index in [4.69, 9.17) is 0 Å². The summed E-state index contributed by atoms with van der Waals surface area (Å²) in [4.78, 5) is 10.5. The standard InChI is InChI=1S/C8H6BrF2NO/c1-4(13)12-8-3-6(10)5(9)2-7(8)11/h2-3H,1H3,(H,12,13). The molecular weight excluding hydrogens is 244 g/mol. The predicted octanol–water partition coefficient (Wildman–Crippen LogP) is 2.69. The lowest BCUT2D eigenvalue weighted by Crippen LogP contribution is -2.07. The van der Waals surface area contributed by atoms with Crippen LogP contribution in [0.4, 0.5) is 14.5 Å². The Hall–Kier alpha value is -0.970. The third kappa shape index (κ3) is 2.48. The van der Waals surface area contributed by atoms with E-state index < -0.39 is 17.5 Å². The zero-order chi connectivity index (χ0) is 10.0. The molecule has 1 N–H and O–H groups in total. The van der Waals surface area contributed by atoms with Crippen LogP contribution in [0.1, 0.15) is 6.92 Å². The number of hydrogen-bond acceptors (Lipinski definition) is 1. The highest BCUT2D eigenvalue weighted by molar-refractivity contribution is 9.10. The lowest BCUT2D eigenvalue weighted by molar-refractivity contribution is -0.114. The molecule has 1 amide bonds. The summed E-state index contributed by atoms with van der Waals surface area (Å²) in [6.45, 7) is 1.22. The third-order valence-electron chi connectivity index (χ3n) is 1.32. The number of benzene rings is 1. The van der Waals surface area contributed by atoms with Gasteiger partial charge in [-0.25, -0.2) is 8.78 Å². The number of carbonyl (C=O) groups excluding carboxylic acids is 1. The Morgan fingerprint density at radius 2 is 2.00 bits per heavy atom. The third-order valence-corrected chi connectivity index (χ3v) is 1.93. The topological polar surface area (TPSA) is 29.1 Å². The fraction of sp³-hybridized carbons (Fsp3) is 0.125. The molecule has 5 heteroatoms. The molecule has 1 aromatic carbocycles. The molecule has 0 unspecified atom stereocenters. The van der Waals surface area contributed by atoms with E-state index in [1.54, 1.807) is 0 Å². The van der Waals surface area contributed by atoms with Crippen LogP contribution in [-0.2, 0) is 4.79 Å². The normalized spacial score (nSPS) is 9.85. The minimum atomic E-state index is -0.677. The highest BCUT2D eigenvalue weighted by atomic mass is 79.9.